The highest BCUT2D eigenvalue weighted by Gasteiger charge is 2.13. The van der Waals surface area contributed by atoms with Gasteiger partial charge in [0.25, 0.3) is 5.91 Å². The number of rotatable bonds is 8. The van der Waals surface area contributed by atoms with Crippen LogP contribution in [-0.2, 0) is 24.2 Å². The minimum absolute atomic E-state index is 0.0113. The second kappa shape index (κ2) is 9.38. The molecule has 0 unspecified atom stereocenters. The van der Waals surface area contributed by atoms with Crippen LogP contribution in [0.2, 0.25) is 5.02 Å². The van der Waals surface area contributed by atoms with Crippen LogP contribution >= 0.6 is 11.6 Å². The van der Waals surface area contributed by atoms with Crippen molar-refractivity contribution in [1.29, 1.82) is 0 Å². The topological polar surface area (TPSA) is 98.8 Å². The monoisotopic (exact) mass is 411 g/mol. The molecule has 0 heterocycles. The van der Waals surface area contributed by atoms with Crippen molar-refractivity contribution in [2.75, 3.05) is 24.8 Å². The van der Waals surface area contributed by atoms with E-state index in [2.05, 4.69) is 5.32 Å². The normalized spacial score (nSPS) is 10.9. The second-order valence-corrected chi connectivity index (χ2v) is 7.96. The van der Waals surface area contributed by atoms with Gasteiger partial charge < -0.3 is 14.8 Å². The van der Waals surface area contributed by atoms with Gasteiger partial charge in [0.15, 0.2) is 16.4 Å². The highest BCUT2D eigenvalue weighted by atomic mass is 35.5. The Morgan fingerprint density at radius 3 is 2.48 bits per heavy atom. The van der Waals surface area contributed by atoms with Gasteiger partial charge in [-0.15, -0.1) is 0 Å². The van der Waals surface area contributed by atoms with Gasteiger partial charge >= 0.3 is 5.97 Å². The van der Waals surface area contributed by atoms with Gasteiger partial charge in [-0.2, -0.15) is 0 Å². The lowest BCUT2D eigenvalue weighted by Gasteiger charge is -2.10. The van der Waals surface area contributed by atoms with Gasteiger partial charge in [-0.3, -0.25) is 9.59 Å². The summed E-state index contributed by atoms with van der Waals surface area (Å²) in [5.74, 6) is -0.611. The van der Waals surface area contributed by atoms with Gasteiger partial charge in [0, 0.05) is 6.26 Å². The molecule has 1 amide bonds. The van der Waals surface area contributed by atoms with Crippen molar-refractivity contribution in [2.24, 2.45) is 0 Å². The van der Waals surface area contributed by atoms with Gasteiger partial charge in [0.1, 0.15) is 5.75 Å². The van der Waals surface area contributed by atoms with E-state index in [4.69, 9.17) is 21.1 Å². The maximum Gasteiger partial charge on any atom is 0.309 e. The molecule has 144 valence electrons. The van der Waals surface area contributed by atoms with Crippen LogP contribution in [0, 0.1) is 0 Å². The fraction of sp³-hybridized carbons (Fsp3) is 0.222. The number of sulfone groups is 1. The first kappa shape index (κ1) is 20.7. The number of esters is 1. The molecule has 0 spiro atoms. The minimum Gasteiger partial charge on any atom is -0.493 e. The van der Waals surface area contributed by atoms with Crippen LogP contribution in [0.1, 0.15) is 6.42 Å². The number of amides is 1. The van der Waals surface area contributed by atoms with Crippen LogP contribution in [0.15, 0.2) is 53.4 Å². The standard InChI is InChI=1S/C18H18ClNO6S/c1-27(23,24)14-7-8-15(19)16(11-14)20-17(21)12-26-18(22)9-10-25-13-5-3-2-4-6-13/h2-8,11H,9-10,12H2,1H3,(H,20,21). The smallest absolute Gasteiger partial charge is 0.309 e. The number of carbonyl (C=O) groups is 2. The molecule has 27 heavy (non-hydrogen) atoms. The maximum atomic E-state index is 11.9. The Kier molecular flexibility index (Phi) is 7.20. The number of anilines is 1. The van der Waals surface area contributed by atoms with Gasteiger partial charge in [-0.1, -0.05) is 29.8 Å². The zero-order valence-corrected chi connectivity index (χ0v) is 16.0. The van der Waals surface area contributed by atoms with Crippen molar-refractivity contribution in [2.45, 2.75) is 11.3 Å². The van der Waals surface area contributed by atoms with E-state index in [9.17, 15) is 18.0 Å². The van der Waals surface area contributed by atoms with Crippen LogP contribution < -0.4 is 10.1 Å². The van der Waals surface area contributed by atoms with Gasteiger partial charge in [-0.05, 0) is 30.3 Å². The van der Waals surface area contributed by atoms with E-state index in [0.29, 0.717) is 5.75 Å². The largest absolute Gasteiger partial charge is 0.493 e. The van der Waals surface area contributed by atoms with Crippen LogP contribution in [0.5, 0.6) is 5.75 Å². The molecule has 0 bridgehead atoms. The van der Waals surface area contributed by atoms with Crippen molar-refractivity contribution >= 4 is 39.0 Å². The predicted octanol–water partition coefficient (Wildman–Crippen LogP) is 2.69. The third-order valence-corrected chi connectivity index (χ3v) is 4.76. The number of para-hydroxylation sites is 1. The molecule has 0 radical (unpaired) electrons. The summed E-state index contributed by atoms with van der Waals surface area (Å²) < 4.78 is 33.3. The van der Waals surface area contributed by atoms with Crippen LogP contribution in [0.4, 0.5) is 5.69 Å². The first-order chi connectivity index (χ1) is 12.8. The number of hydrogen-bond donors (Lipinski definition) is 1. The average Bonchev–Trinajstić information content (AvgIpc) is 2.62. The fourth-order valence-corrected chi connectivity index (χ4v) is 2.82. The Labute approximate surface area is 162 Å². The Morgan fingerprint density at radius 2 is 1.81 bits per heavy atom. The van der Waals surface area contributed by atoms with Crippen molar-refractivity contribution in [3.63, 3.8) is 0 Å². The second-order valence-electron chi connectivity index (χ2n) is 5.53. The molecule has 2 aromatic rings. The molecule has 0 atom stereocenters. The van der Waals surface area contributed by atoms with Gasteiger partial charge in [0.2, 0.25) is 0 Å². The van der Waals surface area contributed by atoms with E-state index in [1.54, 1.807) is 12.1 Å². The summed E-state index contributed by atoms with van der Waals surface area (Å²) >= 11 is 5.95. The van der Waals surface area contributed by atoms with E-state index in [1.807, 2.05) is 18.2 Å². The number of ether oxygens (including phenoxy) is 2. The summed E-state index contributed by atoms with van der Waals surface area (Å²) in [6.07, 6.45) is 1.02. The Balaban J connectivity index is 1.79. The molecule has 0 fully saturated rings. The molecular weight excluding hydrogens is 394 g/mol. The van der Waals surface area contributed by atoms with E-state index in [0.717, 1.165) is 6.26 Å². The number of carbonyl (C=O) groups excluding carboxylic acids is 2. The molecule has 7 nitrogen and oxygen atoms in total. The molecule has 0 saturated heterocycles. The number of halogens is 1. The molecule has 0 saturated carbocycles. The molecule has 9 heteroatoms. The zero-order valence-electron chi connectivity index (χ0n) is 14.5. The van der Waals surface area contributed by atoms with Crippen LogP contribution in [-0.4, -0.2) is 39.8 Å². The first-order valence-electron chi connectivity index (χ1n) is 7.88. The summed E-state index contributed by atoms with van der Waals surface area (Å²) in [5, 5.41) is 2.58. The minimum atomic E-state index is -3.45. The van der Waals surface area contributed by atoms with Crippen LogP contribution in [0.25, 0.3) is 0 Å². The summed E-state index contributed by atoms with van der Waals surface area (Å²) in [7, 11) is -3.45. The van der Waals surface area contributed by atoms with E-state index >= 15 is 0 Å². The molecule has 2 aromatic carbocycles. The maximum absolute atomic E-state index is 11.9. The summed E-state index contributed by atoms with van der Waals surface area (Å²) in [6, 6.07) is 12.9. The van der Waals surface area contributed by atoms with E-state index in [-0.39, 0.29) is 28.6 Å². The quantitative estimate of drug-likeness (QED) is 0.670. The highest BCUT2D eigenvalue weighted by Crippen LogP contribution is 2.25. The molecule has 0 aliphatic heterocycles. The van der Waals surface area contributed by atoms with Crippen LogP contribution in [0.3, 0.4) is 0 Å². The molecule has 2 rings (SSSR count). The lowest BCUT2D eigenvalue weighted by molar-refractivity contribution is -0.147. The lowest BCUT2D eigenvalue weighted by atomic mass is 10.3. The fourth-order valence-electron chi connectivity index (χ4n) is 2.00. The van der Waals surface area contributed by atoms with Crippen molar-refractivity contribution in [1.82, 2.24) is 0 Å². The van der Waals surface area contributed by atoms with E-state index in [1.165, 1.54) is 18.2 Å². The van der Waals surface area contributed by atoms with Crippen molar-refractivity contribution in [3.8, 4) is 5.75 Å². The highest BCUT2D eigenvalue weighted by molar-refractivity contribution is 7.90. The van der Waals surface area contributed by atoms with Gasteiger partial charge in [0.05, 0.1) is 28.6 Å². The molecule has 1 N–H and O–H groups in total. The lowest BCUT2D eigenvalue weighted by Crippen LogP contribution is -2.22. The predicted molar refractivity (Wildman–Crippen MR) is 101 cm³/mol. The molecule has 0 aliphatic carbocycles. The SMILES string of the molecule is CS(=O)(=O)c1ccc(Cl)c(NC(=O)COC(=O)CCOc2ccccc2)c1. The summed E-state index contributed by atoms with van der Waals surface area (Å²) in [6.45, 7) is -0.406. The third-order valence-electron chi connectivity index (χ3n) is 3.32. The van der Waals surface area contributed by atoms with Crippen molar-refractivity contribution in [3.05, 3.63) is 53.6 Å². The number of benzene rings is 2. The van der Waals surface area contributed by atoms with Gasteiger partial charge in [-0.25, -0.2) is 8.42 Å². The first-order valence-corrected chi connectivity index (χ1v) is 10.2. The average molecular weight is 412 g/mol. The molecule has 0 aliphatic rings. The zero-order chi connectivity index (χ0) is 19.9. The number of nitrogens with one attached hydrogen (secondary N) is 1. The Hall–Kier alpha value is -2.58. The van der Waals surface area contributed by atoms with Crippen molar-refractivity contribution < 1.29 is 27.5 Å². The Morgan fingerprint density at radius 1 is 1.11 bits per heavy atom. The Bertz CT molecular complexity index is 915. The molecular formula is C18H18ClNO6S. The third kappa shape index (κ3) is 6.92. The molecule has 0 aromatic heterocycles. The number of hydrogen-bond acceptors (Lipinski definition) is 6. The van der Waals surface area contributed by atoms with E-state index < -0.39 is 28.3 Å². The summed E-state index contributed by atoms with van der Waals surface area (Å²) in [4.78, 5) is 23.6. The summed E-state index contributed by atoms with van der Waals surface area (Å²) in [5.41, 5.74) is 0.119.